The molecular weight excluding hydrogens is 344 g/mol. The van der Waals surface area contributed by atoms with Crippen molar-refractivity contribution in [3.63, 3.8) is 0 Å². The SMILES string of the molecule is CCOC(=O)/C(O)=C/C(=O)/C=C/c1cccn1Cc1cc(F)ccc1F. The molecule has 7 heteroatoms. The van der Waals surface area contributed by atoms with E-state index in [9.17, 15) is 23.5 Å². The maximum Gasteiger partial charge on any atom is 0.373 e. The van der Waals surface area contributed by atoms with E-state index in [1.807, 2.05) is 0 Å². The summed E-state index contributed by atoms with van der Waals surface area (Å²) in [7, 11) is 0. The van der Waals surface area contributed by atoms with E-state index in [2.05, 4.69) is 4.74 Å². The lowest BCUT2D eigenvalue weighted by atomic mass is 10.2. The minimum Gasteiger partial charge on any atom is -0.502 e. The van der Waals surface area contributed by atoms with Crippen LogP contribution in [0.1, 0.15) is 18.2 Å². The molecule has 0 saturated carbocycles. The Kier molecular flexibility index (Phi) is 6.43. The van der Waals surface area contributed by atoms with Gasteiger partial charge in [0, 0.05) is 23.5 Å². The van der Waals surface area contributed by atoms with Crippen LogP contribution in [0.4, 0.5) is 8.78 Å². The molecule has 2 aromatic rings. The topological polar surface area (TPSA) is 68.5 Å². The Balaban J connectivity index is 2.12. The molecule has 1 aromatic carbocycles. The summed E-state index contributed by atoms with van der Waals surface area (Å²) in [4.78, 5) is 23.0. The standard InChI is InChI=1S/C19H17F2NO4/c1-2-26-19(25)18(24)11-16(23)7-6-15-4-3-9-22(15)12-13-10-14(20)5-8-17(13)21/h3-11,24H,2,12H2,1H3/b7-6+,18-11-. The molecule has 26 heavy (non-hydrogen) atoms. The molecule has 136 valence electrons. The molecule has 0 aliphatic rings. The van der Waals surface area contributed by atoms with Gasteiger partial charge in [-0.2, -0.15) is 0 Å². The average Bonchev–Trinajstić information content (AvgIpc) is 3.03. The number of benzene rings is 1. The number of nitrogens with zero attached hydrogens (tertiary/aromatic N) is 1. The number of carbonyl (C=O) groups excluding carboxylic acids is 2. The third kappa shape index (κ3) is 5.14. The number of esters is 1. The smallest absolute Gasteiger partial charge is 0.373 e. The summed E-state index contributed by atoms with van der Waals surface area (Å²) in [5.41, 5.74) is 0.730. The monoisotopic (exact) mass is 361 g/mol. The lowest BCUT2D eigenvalue weighted by molar-refractivity contribution is -0.141. The molecule has 0 spiro atoms. The van der Waals surface area contributed by atoms with Gasteiger partial charge in [-0.3, -0.25) is 4.79 Å². The van der Waals surface area contributed by atoms with Gasteiger partial charge in [-0.15, -0.1) is 0 Å². The van der Waals surface area contributed by atoms with Gasteiger partial charge in [-0.25, -0.2) is 13.6 Å². The number of aromatic nitrogens is 1. The summed E-state index contributed by atoms with van der Waals surface area (Å²) in [5.74, 6) is -3.48. The second-order valence-electron chi connectivity index (χ2n) is 5.28. The van der Waals surface area contributed by atoms with Gasteiger partial charge in [0.2, 0.25) is 5.76 Å². The second-order valence-corrected chi connectivity index (χ2v) is 5.28. The van der Waals surface area contributed by atoms with E-state index in [1.54, 1.807) is 29.8 Å². The number of hydrogen-bond acceptors (Lipinski definition) is 4. The minimum atomic E-state index is -0.987. The van der Waals surface area contributed by atoms with Crippen LogP contribution in [-0.4, -0.2) is 28.0 Å². The van der Waals surface area contributed by atoms with Gasteiger partial charge in [0.1, 0.15) is 11.6 Å². The molecule has 0 aliphatic carbocycles. The van der Waals surface area contributed by atoms with Crippen LogP contribution in [-0.2, 0) is 20.9 Å². The van der Waals surface area contributed by atoms with Crippen LogP contribution >= 0.6 is 0 Å². The van der Waals surface area contributed by atoms with Gasteiger partial charge >= 0.3 is 5.97 Å². The molecule has 1 N–H and O–H groups in total. The Hall–Kier alpha value is -3.22. The van der Waals surface area contributed by atoms with Crippen molar-refractivity contribution in [2.75, 3.05) is 6.61 Å². The van der Waals surface area contributed by atoms with Gasteiger partial charge in [0.15, 0.2) is 5.78 Å². The first-order valence-electron chi connectivity index (χ1n) is 7.79. The number of allylic oxidation sites excluding steroid dienone is 2. The fourth-order valence-corrected chi connectivity index (χ4v) is 2.18. The zero-order valence-corrected chi connectivity index (χ0v) is 14.0. The second kappa shape index (κ2) is 8.75. The van der Waals surface area contributed by atoms with Crippen LogP contribution in [0.5, 0.6) is 0 Å². The van der Waals surface area contributed by atoms with Crippen LogP contribution in [0.2, 0.25) is 0 Å². The van der Waals surface area contributed by atoms with E-state index >= 15 is 0 Å². The molecule has 0 bridgehead atoms. The normalized spacial score (nSPS) is 11.7. The molecule has 0 fully saturated rings. The van der Waals surface area contributed by atoms with E-state index in [0.29, 0.717) is 5.69 Å². The van der Waals surface area contributed by atoms with Crippen molar-refractivity contribution in [2.24, 2.45) is 0 Å². The maximum absolute atomic E-state index is 13.8. The Morgan fingerprint density at radius 1 is 1.27 bits per heavy atom. The Morgan fingerprint density at radius 2 is 2.04 bits per heavy atom. The van der Waals surface area contributed by atoms with Crippen LogP contribution in [0.15, 0.2) is 54.4 Å². The van der Waals surface area contributed by atoms with Gasteiger partial charge < -0.3 is 14.4 Å². The Bertz CT molecular complexity index is 868. The van der Waals surface area contributed by atoms with Gasteiger partial charge in [-0.05, 0) is 49.4 Å². The number of ether oxygens (including phenoxy) is 1. The Labute approximate surface area is 148 Å². The maximum atomic E-state index is 13.8. The van der Waals surface area contributed by atoms with Crippen molar-refractivity contribution < 1.29 is 28.2 Å². The van der Waals surface area contributed by atoms with Gasteiger partial charge in [0.05, 0.1) is 13.2 Å². The van der Waals surface area contributed by atoms with Crippen molar-refractivity contribution in [2.45, 2.75) is 13.5 Å². The number of hydrogen-bond donors (Lipinski definition) is 1. The number of halogens is 2. The highest BCUT2D eigenvalue weighted by Gasteiger charge is 2.10. The third-order valence-electron chi connectivity index (χ3n) is 3.40. The summed E-state index contributed by atoms with van der Waals surface area (Å²) in [6, 6.07) is 6.56. The molecule has 1 aromatic heterocycles. The van der Waals surface area contributed by atoms with Crippen molar-refractivity contribution >= 4 is 17.8 Å². The third-order valence-corrected chi connectivity index (χ3v) is 3.40. The largest absolute Gasteiger partial charge is 0.502 e. The number of aliphatic hydroxyl groups excluding tert-OH is 1. The minimum absolute atomic E-state index is 0.0743. The molecule has 2 rings (SSSR count). The van der Waals surface area contributed by atoms with E-state index in [1.165, 1.54) is 6.08 Å². The first-order chi connectivity index (χ1) is 12.4. The van der Waals surface area contributed by atoms with E-state index in [-0.39, 0.29) is 18.7 Å². The summed E-state index contributed by atoms with van der Waals surface area (Å²) < 4.78 is 33.2. The first kappa shape index (κ1) is 19.1. The summed E-state index contributed by atoms with van der Waals surface area (Å²) in [6.45, 7) is 1.72. The molecule has 0 radical (unpaired) electrons. The highest BCUT2D eigenvalue weighted by molar-refractivity contribution is 6.05. The highest BCUT2D eigenvalue weighted by atomic mass is 19.1. The molecule has 0 unspecified atom stereocenters. The predicted molar refractivity (Wildman–Crippen MR) is 91.3 cm³/mol. The lowest BCUT2D eigenvalue weighted by Gasteiger charge is -2.08. The fraction of sp³-hybridized carbons (Fsp3) is 0.158. The fourth-order valence-electron chi connectivity index (χ4n) is 2.18. The molecular formula is C19H17F2NO4. The van der Waals surface area contributed by atoms with E-state index in [4.69, 9.17) is 0 Å². The molecule has 0 saturated heterocycles. The first-order valence-corrected chi connectivity index (χ1v) is 7.79. The molecule has 0 atom stereocenters. The quantitative estimate of drug-likeness (QED) is 0.466. The number of aliphatic hydroxyl groups is 1. The molecule has 5 nitrogen and oxygen atoms in total. The Morgan fingerprint density at radius 3 is 2.77 bits per heavy atom. The van der Waals surface area contributed by atoms with Crippen LogP contribution in [0, 0.1) is 11.6 Å². The van der Waals surface area contributed by atoms with Crippen molar-refractivity contribution in [3.8, 4) is 0 Å². The van der Waals surface area contributed by atoms with Crippen molar-refractivity contribution in [1.29, 1.82) is 0 Å². The zero-order chi connectivity index (χ0) is 19.1. The van der Waals surface area contributed by atoms with Crippen LogP contribution in [0.3, 0.4) is 0 Å². The predicted octanol–water partition coefficient (Wildman–Crippen LogP) is 3.40. The summed E-state index contributed by atoms with van der Waals surface area (Å²) in [5, 5.41) is 9.43. The van der Waals surface area contributed by atoms with E-state index < -0.39 is 29.1 Å². The molecule has 1 heterocycles. The van der Waals surface area contributed by atoms with Crippen LogP contribution in [0.25, 0.3) is 6.08 Å². The molecule has 0 amide bonds. The summed E-state index contributed by atoms with van der Waals surface area (Å²) in [6.07, 6.45) is 4.98. The average molecular weight is 361 g/mol. The zero-order valence-electron chi connectivity index (χ0n) is 14.0. The van der Waals surface area contributed by atoms with Crippen molar-refractivity contribution in [1.82, 2.24) is 4.57 Å². The molecule has 0 aliphatic heterocycles. The lowest BCUT2D eigenvalue weighted by Crippen LogP contribution is -2.08. The van der Waals surface area contributed by atoms with Gasteiger partial charge in [-0.1, -0.05) is 0 Å². The highest BCUT2D eigenvalue weighted by Crippen LogP contribution is 2.14. The summed E-state index contributed by atoms with van der Waals surface area (Å²) >= 11 is 0. The van der Waals surface area contributed by atoms with E-state index in [0.717, 1.165) is 30.4 Å². The van der Waals surface area contributed by atoms with Crippen molar-refractivity contribution in [3.05, 3.63) is 77.3 Å². The number of ketones is 1. The number of rotatable bonds is 7. The number of carbonyl (C=O) groups is 2. The van der Waals surface area contributed by atoms with Gasteiger partial charge in [0.25, 0.3) is 0 Å². The van der Waals surface area contributed by atoms with Crippen LogP contribution < -0.4 is 0 Å².